The van der Waals surface area contributed by atoms with Crippen molar-refractivity contribution in [3.8, 4) is 22.6 Å². The Labute approximate surface area is 194 Å². The summed E-state index contributed by atoms with van der Waals surface area (Å²) in [6.45, 7) is 2.21. The molecule has 1 aliphatic heterocycles. The van der Waals surface area contributed by atoms with Gasteiger partial charge in [-0.3, -0.25) is 4.79 Å². The molecule has 0 aromatic heterocycles. The molecule has 0 atom stereocenters. The fraction of sp³-hybridized carbons (Fsp3) is 0.393. The summed E-state index contributed by atoms with van der Waals surface area (Å²) >= 11 is 0. The van der Waals surface area contributed by atoms with E-state index in [4.69, 9.17) is 14.6 Å². The number of ether oxygens (including phenoxy) is 2. The van der Waals surface area contributed by atoms with E-state index in [0.717, 1.165) is 70.9 Å². The molecule has 3 aromatic carbocycles. The van der Waals surface area contributed by atoms with E-state index in [1.165, 1.54) is 12.8 Å². The molecule has 1 aliphatic carbocycles. The van der Waals surface area contributed by atoms with Crippen molar-refractivity contribution in [1.29, 1.82) is 0 Å². The van der Waals surface area contributed by atoms with Gasteiger partial charge in [0, 0.05) is 25.6 Å². The summed E-state index contributed by atoms with van der Waals surface area (Å²) in [7, 11) is 1.69. The summed E-state index contributed by atoms with van der Waals surface area (Å²) in [4.78, 5) is 13.7. The highest BCUT2D eigenvalue weighted by Crippen LogP contribution is 2.43. The lowest BCUT2D eigenvalue weighted by Crippen LogP contribution is -2.39. The summed E-state index contributed by atoms with van der Waals surface area (Å²) in [6.07, 6.45) is 5.61. The number of carbonyl (C=O) groups is 1. The number of nitrogens with zero attached hydrogens (tertiary/aromatic N) is 1. The van der Waals surface area contributed by atoms with Gasteiger partial charge in [0.2, 0.25) is 0 Å². The molecule has 3 aromatic rings. The maximum atomic E-state index is 11.1. The van der Waals surface area contributed by atoms with Gasteiger partial charge in [0.25, 0.3) is 0 Å². The zero-order valence-electron chi connectivity index (χ0n) is 19.1. The molecule has 5 nitrogen and oxygen atoms in total. The van der Waals surface area contributed by atoms with Gasteiger partial charge in [0.1, 0.15) is 17.6 Å². The molecular weight excluding hydrogens is 414 g/mol. The zero-order chi connectivity index (χ0) is 22.8. The summed E-state index contributed by atoms with van der Waals surface area (Å²) < 4.78 is 12.4. The Bertz CT molecular complexity index is 1150. The molecule has 0 unspecified atom stereocenters. The van der Waals surface area contributed by atoms with Crippen molar-refractivity contribution in [1.82, 2.24) is 4.90 Å². The number of methoxy groups -OCH3 is 1. The van der Waals surface area contributed by atoms with Crippen LogP contribution in [0.3, 0.4) is 0 Å². The molecule has 1 saturated carbocycles. The van der Waals surface area contributed by atoms with Crippen LogP contribution in [0.1, 0.15) is 37.7 Å². The van der Waals surface area contributed by atoms with Crippen LogP contribution >= 0.6 is 0 Å². The van der Waals surface area contributed by atoms with E-state index >= 15 is 0 Å². The molecular formula is C28H31NO4. The smallest absolute Gasteiger partial charge is 0.303 e. The maximum absolute atomic E-state index is 11.1. The largest absolute Gasteiger partial charge is 0.496 e. The van der Waals surface area contributed by atoms with Gasteiger partial charge in [-0.2, -0.15) is 0 Å². The second kappa shape index (κ2) is 9.44. The van der Waals surface area contributed by atoms with E-state index in [1.54, 1.807) is 7.11 Å². The molecule has 2 aliphatic rings. The predicted octanol–water partition coefficient (Wildman–Crippen LogP) is 5.54. The highest BCUT2D eigenvalue weighted by Gasteiger charge is 2.32. The molecule has 0 spiro atoms. The SMILES string of the molecule is COc1cccc(OC2CCN(C3CC3)CC2)c1-c1cccc2c(CCC(=O)O)cccc12. The molecule has 172 valence electrons. The minimum absolute atomic E-state index is 0.117. The molecule has 2 fully saturated rings. The number of benzene rings is 3. The van der Waals surface area contributed by atoms with Gasteiger partial charge in [-0.05, 0) is 66.1 Å². The third kappa shape index (κ3) is 4.69. The Morgan fingerprint density at radius 3 is 2.36 bits per heavy atom. The van der Waals surface area contributed by atoms with Crippen LogP contribution in [0.15, 0.2) is 54.6 Å². The Kier molecular flexibility index (Phi) is 6.23. The molecule has 0 radical (unpaired) electrons. The van der Waals surface area contributed by atoms with Gasteiger partial charge < -0.3 is 19.5 Å². The van der Waals surface area contributed by atoms with Gasteiger partial charge in [-0.25, -0.2) is 0 Å². The van der Waals surface area contributed by atoms with Crippen molar-refractivity contribution < 1.29 is 19.4 Å². The molecule has 0 bridgehead atoms. The fourth-order valence-electron chi connectivity index (χ4n) is 5.08. The molecule has 1 N–H and O–H groups in total. The second-order valence-electron chi connectivity index (χ2n) is 9.13. The number of piperidine rings is 1. The van der Waals surface area contributed by atoms with Crippen LogP contribution in [0.25, 0.3) is 21.9 Å². The first-order valence-electron chi connectivity index (χ1n) is 11.9. The summed E-state index contributed by atoms with van der Waals surface area (Å²) in [5.74, 6) is 0.852. The highest BCUT2D eigenvalue weighted by molar-refractivity contribution is 6.01. The number of hydrogen-bond acceptors (Lipinski definition) is 4. The van der Waals surface area contributed by atoms with E-state index in [9.17, 15) is 4.79 Å². The number of aliphatic carboxylic acids is 1. The number of rotatable bonds is 8. The average molecular weight is 446 g/mol. The molecule has 5 rings (SSSR count). The van der Waals surface area contributed by atoms with Crippen LogP contribution in [-0.2, 0) is 11.2 Å². The number of likely N-dealkylation sites (tertiary alicyclic amines) is 1. The molecule has 5 heteroatoms. The van der Waals surface area contributed by atoms with E-state index in [2.05, 4.69) is 23.1 Å². The predicted molar refractivity (Wildman–Crippen MR) is 130 cm³/mol. The number of carboxylic acids is 1. The summed E-state index contributed by atoms with van der Waals surface area (Å²) in [6, 6.07) is 19.1. The van der Waals surface area contributed by atoms with Crippen LogP contribution in [0.2, 0.25) is 0 Å². The van der Waals surface area contributed by atoms with E-state index in [-0.39, 0.29) is 12.5 Å². The van der Waals surface area contributed by atoms with Crippen LogP contribution in [0.4, 0.5) is 0 Å². The second-order valence-corrected chi connectivity index (χ2v) is 9.13. The van der Waals surface area contributed by atoms with Gasteiger partial charge in [-0.1, -0.05) is 42.5 Å². The van der Waals surface area contributed by atoms with Crippen LogP contribution in [-0.4, -0.2) is 48.3 Å². The lowest BCUT2D eigenvalue weighted by atomic mass is 9.93. The van der Waals surface area contributed by atoms with Crippen molar-refractivity contribution in [2.75, 3.05) is 20.2 Å². The van der Waals surface area contributed by atoms with Gasteiger partial charge >= 0.3 is 5.97 Å². The Balaban J connectivity index is 1.49. The van der Waals surface area contributed by atoms with E-state index in [0.29, 0.717) is 6.42 Å². The van der Waals surface area contributed by atoms with Crippen LogP contribution in [0.5, 0.6) is 11.5 Å². The highest BCUT2D eigenvalue weighted by atomic mass is 16.5. The number of carboxylic acid groups (broad SMARTS) is 1. The first-order chi connectivity index (χ1) is 16.1. The topological polar surface area (TPSA) is 59.0 Å². The van der Waals surface area contributed by atoms with Gasteiger partial charge in [0.05, 0.1) is 12.7 Å². The molecule has 33 heavy (non-hydrogen) atoms. The van der Waals surface area contributed by atoms with E-state index < -0.39 is 5.97 Å². The summed E-state index contributed by atoms with van der Waals surface area (Å²) in [5.41, 5.74) is 3.06. The van der Waals surface area contributed by atoms with Crippen molar-refractivity contribution >= 4 is 16.7 Å². The third-order valence-electron chi connectivity index (χ3n) is 6.93. The number of fused-ring (bicyclic) bond motifs is 1. The monoisotopic (exact) mass is 445 g/mol. The number of aryl methyl sites for hydroxylation is 1. The van der Waals surface area contributed by atoms with E-state index in [1.807, 2.05) is 36.4 Å². The van der Waals surface area contributed by atoms with Crippen molar-refractivity contribution in [3.63, 3.8) is 0 Å². The first-order valence-corrected chi connectivity index (χ1v) is 11.9. The lowest BCUT2D eigenvalue weighted by molar-refractivity contribution is -0.136. The lowest BCUT2D eigenvalue weighted by Gasteiger charge is -2.32. The fourth-order valence-corrected chi connectivity index (χ4v) is 5.08. The maximum Gasteiger partial charge on any atom is 0.303 e. The molecule has 1 heterocycles. The minimum atomic E-state index is -0.781. The Morgan fingerprint density at radius 2 is 1.64 bits per heavy atom. The van der Waals surface area contributed by atoms with Gasteiger partial charge in [0.15, 0.2) is 0 Å². The normalized spacial score (nSPS) is 17.2. The quantitative estimate of drug-likeness (QED) is 0.493. The van der Waals surface area contributed by atoms with Crippen molar-refractivity contribution in [2.24, 2.45) is 0 Å². The van der Waals surface area contributed by atoms with Crippen LogP contribution in [0, 0.1) is 0 Å². The Hall–Kier alpha value is -3.05. The van der Waals surface area contributed by atoms with Crippen molar-refractivity contribution in [2.45, 2.75) is 50.7 Å². The van der Waals surface area contributed by atoms with Crippen molar-refractivity contribution in [3.05, 3.63) is 60.2 Å². The third-order valence-corrected chi connectivity index (χ3v) is 6.93. The minimum Gasteiger partial charge on any atom is -0.496 e. The zero-order valence-corrected chi connectivity index (χ0v) is 19.1. The Morgan fingerprint density at radius 1 is 0.939 bits per heavy atom. The molecule has 0 amide bonds. The molecule has 1 saturated heterocycles. The van der Waals surface area contributed by atoms with Crippen LogP contribution < -0.4 is 9.47 Å². The average Bonchev–Trinajstić information content (AvgIpc) is 3.68. The number of hydrogen-bond donors (Lipinski definition) is 1. The van der Waals surface area contributed by atoms with Gasteiger partial charge in [-0.15, -0.1) is 0 Å². The summed E-state index contributed by atoms with van der Waals surface area (Å²) in [5, 5.41) is 11.3. The first kappa shape index (κ1) is 21.8. The standard InChI is InChI=1S/C28H31NO4/c1-32-25-9-4-10-26(33-21-15-17-29(18-16-21)20-12-13-20)28(25)24-8-3-6-22-19(11-14-27(30)31)5-2-7-23(22)24/h2-10,20-21H,11-18H2,1H3,(H,30,31).